The first-order chi connectivity index (χ1) is 14.8. The van der Waals surface area contributed by atoms with Gasteiger partial charge in [0.1, 0.15) is 6.04 Å². The summed E-state index contributed by atoms with van der Waals surface area (Å²) in [6.45, 7) is 5.36. The van der Waals surface area contributed by atoms with Gasteiger partial charge in [0.05, 0.1) is 22.8 Å². The molecule has 1 unspecified atom stereocenters. The molecule has 0 bridgehead atoms. The molecule has 2 aromatic carbocycles. The second-order valence-electron chi connectivity index (χ2n) is 8.44. The molecule has 1 aliphatic rings. The molecule has 2 heterocycles. The number of hydrogen-bond donors (Lipinski definition) is 2. The van der Waals surface area contributed by atoms with Gasteiger partial charge in [0.25, 0.3) is 5.91 Å². The largest absolute Gasteiger partial charge is 0.372 e. The number of aromatic amines is 1. The van der Waals surface area contributed by atoms with E-state index in [1.54, 1.807) is 29.2 Å². The maximum atomic E-state index is 13.5. The Kier molecular flexibility index (Phi) is 6.03. The van der Waals surface area contributed by atoms with Crippen molar-refractivity contribution in [2.75, 3.05) is 19.7 Å². The van der Waals surface area contributed by atoms with E-state index in [0.717, 1.165) is 16.5 Å². The number of fused-ring (bicyclic) bond motifs is 1. The van der Waals surface area contributed by atoms with Gasteiger partial charge in [-0.05, 0) is 37.6 Å². The van der Waals surface area contributed by atoms with Gasteiger partial charge in [-0.3, -0.25) is 9.59 Å². The fraction of sp³-hybridized carbons (Fsp3) is 0.333. The van der Waals surface area contributed by atoms with Gasteiger partial charge < -0.3 is 19.9 Å². The number of nitrogens with one attached hydrogen (secondary N) is 2. The van der Waals surface area contributed by atoms with Crippen molar-refractivity contribution in [3.05, 3.63) is 70.9 Å². The van der Waals surface area contributed by atoms with Crippen molar-refractivity contribution in [1.29, 1.82) is 0 Å². The van der Waals surface area contributed by atoms with E-state index >= 15 is 0 Å². The number of nitrogens with zero attached hydrogens (tertiary/aromatic N) is 1. The Hall–Kier alpha value is -2.83. The van der Waals surface area contributed by atoms with Crippen molar-refractivity contribution in [3.63, 3.8) is 0 Å². The number of amides is 2. The van der Waals surface area contributed by atoms with E-state index in [9.17, 15) is 9.59 Å². The van der Waals surface area contributed by atoms with Crippen LogP contribution in [0.5, 0.6) is 0 Å². The number of hydrogen-bond acceptors (Lipinski definition) is 3. The molecule has 0 aliphatic carbocycles. The van der Waals surface area contributed by atoms with Crippen LogP contribution in [0.1, 0.15) is 29.8 Å². The zero-order valence-corrected chi connectivity index (χ0v) is 18.4. The predicted octanol–water partition coefficient (Wildman–Crippen LogP) is 3.80. The number of para-hydroxylation sites is 1. The van der Waals surface area contributed by atoms with Gasteiger partial charge >= 0.3 is 0 Å². The van der Waals surface area contributed by atoms with Crippen LogP contribution in [-0.2, 0) is 16.0 Å². The monoisotopic (exact) mass is 439 g/mol. The smallest absolute Gasteiger partial charge is 0.253 e. The lowest BCUT2D eigenvalue weighted by molar-refractivity contribution is -0.147. The Labute approximate surface area is 186 Å². The fourth-order valence-corrected chi connectivity index (χ4v) is 4.25. The van der Waals surface area contributed by atoms with E-state index in [4.69, 9.17) is 16.3 Å². The summed E-state index contributed by atoms with van der Waals surface area (Å²) in [6, 6.07) is 14.0. The molecule has 0 spiro atoms. The Bertz CT molecular complexity index is 1110. The summed E-state index contributed by atoms with van der Waals surface area (Å²) in [6.07, 6.45) is 2.27. The average molecular weight is 440 g/mol. The van der Waals surface area contributed by atoms with E-state index in [1.807, 2.05) is 44.3 Å². The number of carbonyl (C=O) groups excluding carboxylic acids is 2. The lowest BCUT2D eigenvalue weighted by Gasteiger charge is -2.39. The predicted molar refractivity (Wildman–Crippen MR) is 121 cm³/mol. The molecule has 7 heteroatoms. The van der Waals surface area contributed by atoms with Crippen LogP contribution in [0.15, 0.2) is 54.7 Å². The van der Waals surface area contributed by atoms with Crippen molar-refractivity contribution in [2.45, 2.75) is 31.9 Å². The molecule has 2 N–H and O–H groups in total. The van der Waals surface area contributed by atoms with Crippen LogP contribution >= 0.6 is 11.6 Å². The molecule has 1 fully saturated rings. The maximum absolute atomic E-state index is 13.5. The molecule has 6 nitrogen and oxygen atoms in total. The molecule has 0 radical (unpaired) electrons. The minimum atomic E-state index is -0.725. The number of halogens is 1. The van der Waals surface area contributed by atoms with Crippen molar-refractivity contribution in [2.24, 2.45) is 0 Å². The molecule has 4 rings (SSSR count). The van der Waals surface area contributed by atoms with E-state index in [1.165, 1.54) is 0 Å². The maximum Gasteiger partial charge on any atom is 0.253 e. The summed E-state index contributed by atoms with van der Waals surface area (Å²) in [4.78, 5) is 31.5. The second-order valence-corrected chi connectivity index (χ2v) is 8.84. The van der Waals surface area contributed by atoms with Gasteiger partial charge in [-0.25, -0.2) is 0 Å². The van der Waals surface area contributed by atoms with Crippen LogP contribution in [0.4, 0.5) is 0 Å². The summed E-state index contributed by atoms with van der Waals surface area (Å²) in [7, 11) is 0. The van der Waals surface area contributed by atoms with Crippen molar-refractivity contribution < 1.29 is 14.3 Å². The third kappa shape index (κ3) is 4.75. The minimum absolute atomic E-state index is 0.123. The second kappa shape index (κ2) is 8.73. The number of rotatable bonds is 5. The molecule has 1 aliphatic heterocycles. The number of benzene rings is 2. The number of ether oxygens (including phenoxy) is 1. The number of H-pyrrole nitrogens is 1. The lowest BCUT2D eigenvalue weighted by Crippen LogP contribution is -2.56. The van der Waals surface area contributed by atoms with Crippen molar-refractivity contribution >= 4 is 34.3 Å². The SMILES string of the molecule is CC1(C)CN(C(=O)C(Cc2c[nH]c3ccccc23)NC(=O)c2ccccc2Cl)CCO1. The van der Waals surface area contributed by atoms with Crippen LogP contribution in [-0.4, -0.2) is 53.0 Å². The summed E-state index contributed by atoms with van der Waals surface area (Å²) < 4.78 is 5.75. The Morgan fingerprint density at radius 2 is 1.94 bits per heavy atom. The van der Waals surface area contributed by atoms with Gasteiger partial charge in [0.15, 0.2) is 0 Å². The van der Waals surface area contributed by atoms with E-state index in [2.05, 4.69) is 10.3 Å². The molecular weight excluding hydrogens is 414 g/mol. The molecule has 162 valence electrons. The van der Waals surface area contributed by atoms with Crippen LogP contribution in [0.25, 0.3) is 10.9 Å². The van der Waals surface area contributed by atoms with E-state index < -0.39 is 11.6 Å². The highest BCUT2D eigenvalue weighted by Gasteiger charge is 2.34. The van der Waals surface area contributed by atoms with Gasteiger partial charge in [-0.2, -0.15) is 0 Å². The molecule has 31 heavy (non-hydrogen) atoms. The van der Waals surface area contributed by atoms with Crippen LogP contribution in [0.2, 0.25) is 5.02 Å². The third-order valence-electron chi connectivity index (χ3n) is 5.56. The third-order valence-corrected chi connectivity index (χ3v) is 5.89. The average Bonchev–Trinajstić information content (AvgIpc) is 3.15. The first kappa shape index (κ1) is 21.4. The standard InChI is InChI=1S/C24H26ClN3O3/c1-24(2)15-28(11-12-31-24)23(30)21(27-22(29)18-8-3-5-9-19(18)25)13-16-14-26-20-10-6-4-7-17(16)20/h3-10,14,21,26H,11-13,15H2,1-2H3,(H,27,29). The molecular formula is C24H26ClN3O3. The van der Waals surface area contributed by atoms with Gasteiger partial charge in [-0.15, -0.1) is 0 Å². The number of aromatic nitrogens is 1. The quantitative estimate of drug-likeness (QED) is 0.635. The lowest BCUT2D eigenvalue weighted by atomic mass is 10.0. The van der Waals surface area contributed by atoms with Gasteiger partial charge in [-0.1, -0.05) is 41.9 Å². The normalized spacial score (nSPS) is 16.8. The van der Waals surface area contributed by atoms with Gasteiger partial charge in [0.2, 0.25) is 5.91 Å². The fourth-order valence-electron chi connectivity index (χ4n) is 4.03. The highest BCUT2D eigenvalue weighted by Crippen LogP contribution is 2.22. The van der Waals surface area contributed by atoms with Crippen LogP contribution in [0.3, 0.4) is 0 Å². The first-order valence-corrected chi connectivity index (χ1v) is 10.7. The summed E-state index contributed by atoms with van der Waals surface area (Å²) in [5, 5.41) is 4.32. The van der Waals surface area contributed by atoms with Crippen molar-refractivity contribution in [3.8, 4) is 0 Å². The zero-order valence-electron chi connectivity index (χ0n) is 17.7. The number of carbonyl (C=O) groups is 2. The topological polar surface area (TPSA) is 74.4 Å². The summed E-state index contributed by atoms with van der Waals surface area (Å²) in [5.74, 6) is -0.488. The first-order valence-electron chi connectivity index (χ1n) is 10.4. The molecule has 1 saturated heterocycles. The van der Waals surface area contributed by atoms with Crippen molar-refractivity contribution in [1.82, 2.24) is 15.2 Å². The molecule has 3 aromatic rings. The Balaban J connectivity index is 1.62. The highest BCUT2D eigenvalue weighted by molar-refractivity contribution is 6.33. The molecule has 1 aromatic heterocycles. The summed E-state index contributed by atoms with van der Waals surface area (Å²) >= 11 is 6.21. The van der Waals surface area contributed by atoms with E-state index in [-0.39, 0.29) is 11.8 Å². The minimum Gasteiger partial charge on any atom is -0.372 e. The number of morpholine rings is 1. The van der Waals surface area contributed by atoms with Gasteiger partial charge in [0, 0.05) is 36.6 Å². The van der Waals surface area contributed by atoms with Crippen LogP contribution < -0.4 is 5.32 Å². The zero-order chi connectivity index (χ0) is 22.0. The molecule has 1 atom stereocenters. The molecule has 2 amide bonds. The Morgan fingerprint density at radius 3 is 2.71 bits per heavy atom. The van der Waals surface area contributed by atoms with Crippen LogP contribution in [0, 0.1) is 0 Å². The molecule has 0 saturated carbocycles. The van der Waals surface area contributed by atoms with E-state index in [0.29, 0.717) is 36.7 Å². The Morgan fingerprint density at radius 1 is 1.19 bits per heavy atom. The summed E-state index contributed by atoms with van der Waals surface area (Å²) in [5.41, 5.74) is 1.89. The highest BCUT2D eigenvalue weighted by atomic mass is 35.5.